The van der Waals surface area contributed by atoms with E-state index in [0.29, 0.717) is 12.8 Å². The van der Waals surface area contributed by atoms with Gasteiger partial charge in [-0.3, -0.25) is 4.79 Å². The Bertz CT molecular complexity index is 373. The van der Waals surface area contributed by atoms with E-state index >= 15 is 0 Å². The highest BCUT2D eigenvalue weighted by Gasteiger charge is 2.43. The molecule has 0 aliphatic heterocycles. The normalized spacial score (nSPS) is 18.8. The number of esters is 1. The molecule has 1 aliphatic rings. The number of carbonyl (C=O) groups excluding carboxylic acids is 2. The van der Waals surface area contributed by atoms with Gasteiger partial charge in [0.2, 0.25) is 0 Å². The van der Waals surface area contributed by atoms with Crippen molar-refractivity contribution < 1.29 is 19.1 Å². The maximum Gasteiger partial charge on any atom is 0.408 e. The van der Waals surface area contributed by atoms with Crippen LogP contribution in [0.4, 0.5) is 4.79 Å². The summed E-state index contributed by atoms with van der Waals surface area (Å²) in [6.45, 7) is 7.16. The third-order valence-corrected chi connectivity index (χ3v) is 3.26. The molecule has 1 rings (SSSR count). The Labute approximate surface area is 114 Å². The predicted molar refractivity (Wildman–Crippen MR) is 71.7 cm³/mol. The second-order valence-corrected chi connectivity index (χ2v) is 5.91. The minimum atomic E-state index is -0.643. The second-order valence-electron chi connectivity index (χ2n) is 5.91. The molecule has 5 heteroatoms. The molecule has 1 N–H and O–H groups in total. The molecule has 19 heavy (non-hydrogen) atoms. The molecule has 5 nitrogen and oxygen atoms in total. The van der Waals surface area contributed by atoms with Gasteiger partial charge in [-0.25, -0.2) is 4.79 Å². The zero-order chi connectivity index (χ0) is 14.7. The average Bonchev–Trinajstić information content (AvgIpc) is 2.73. The molecule has 0 aromatic rings. The number of carbonyl (C=O) groups is 2. The van der Waals surface area contributed by atoms with Gasteiger partial charge in [-0.05, 0) is 40.5 Å². The second kappa shape index (κ2) is 5.63. The lowest BCUT2D eigenvalue weighted by atomic mass is 9.83. The van der Waals surface area contributed by atoms with Crippen LogP contribution in [0.3, 0.4) is 0 Å². The Morgan fingerprint density at radius 1 is 1.26 bits per heavy atom. The minimum Gasteiger partial charge on any atom is -0.469 e. The summed E-state index contributed by atoms with van der Waals surface area (Å²) in [5, 5.41) is 2.84. The molecule has 0 aromatic heterocycles. The first-order valence-corrected chi connectivity index (χ1v) is 6.44. The molecule has 0 saturated heterocycles. The number of ether oxygens (including phenoxy) is 2. The summed E-state index contributed by atoms with van der Waals surface area (Å²) in [6, 6.07) is 0. The third kappa shape index (κ3) is 3.98. The van der Waals surface area contributed by atoms with Crippen LogP contribution in [0.25, 0.3) is 0 Å². The van der Waals surface area contributed by atoms with E-state index < -0.39 is 23.2 Å². The molecule has 0 bridgehead atoms. The molecular weight excluding hydrogens is 246 g/mol. The van der Waals surface area contributed by atoms with Crippen LogP contribution in [0.1, 0.15) is 40.5 Å². The van der Waals surface area contributed by atoms with Crippen molar-refractivity contribution in [2.24, 2.45) is 5.92 Å². The van der Waals surface area contributed by atoms with Gasteiger partial charge in [0, 0.05) is 0 Å². The number of nitrogens with one attached hydrogen (secondary N) is 1. The molecule has 1 amide bonds. The molecule has 108 valence electrons. The van der Waals surface area contributed by atoms with Gasteiger partial charge in [0.25, 0.3) is 0 Å². The lowest BCUT2D eigenvalue weighted by molar-refractivity contribution is -0.147. The quantitative estimate of drug-likeness (QED) is 0.631. The highest BCUT2D eigenvalue weighted by Crippen LogP contribution is 2.32. The van der Waals surface area contributed by atoms with Gasteiger partial charge in [-0.1, -0.05) is 12.2 Å². The summed E-state index contributed by atoms with van der Waals surface area (Å²) in [5.41, 5.74) is -1.21. The van der Waals surface area contributed by atoms with Crippen molar-refractivity contribution >= 4 is 12.1 Å². The van der Waals surface area contributed by atoms with Crippen molar-refractivity contribution in [3.8, 4) is 0 Å². The lowest BCUT2D eigenvalue weighted by Crippen LogP contribution is -2.54. The van der Waals surface area contributed by atoms with Crippen LogP contribution in [-0.4, -0.2) is 30.3 Å². The van der Waals surface area contributed by atoms with Crippen LogP contribution < -0.4 is 5.32 Å². The summed E-state index contributed by atoms with van der Waals surface area (Å²) in [4.78, 5) is 23.7. The SMILES string of the molecule is COC(=O)C(C)C1(NC(=O)OC(C)(C)C)CC=CC1. The van der Waals surface area contributed by atoms with E-state index in [1.165, 1.54) is 7.11 Å². The largest absolute Gasteiger partial charge is 0.469 e. The lowest BCUT2D eigenvalue weighted by Gasteiger charge is -2.35. The van der Waals surface area contributed by atoms with Crippen LogP contribution >= 0.6 is 0 Å². The maximum absolute atomic E-state index is 11.9. The van der Waals surface area contributed by atoms with Gasteiger partial charge < -0.3 is 14.8 Å². The first-order chi connectivity index (χ1) is 8.70. The summed E-state index contributed by atoms with van der Waals surface area (Å²) in [6.07, 6.45) is 4.60. The van der Waals surface area contributed by atoms with Crippen molar-refractivity contribution in [3.05, 3.63) is 12.2 Å². The molecule has 0 heterocycles. The van der Waals surface area contributed by atoms with Crippen molar-refractivity contribution in [1.29, 1.82) is 0 Å². The fourth-order valence-corrected chi connectivity index (χ4v) is 2.14. The number of methoxy groups -OCH3 is 1. The molecule has 0 fully saturated rings. The molecule has 0 saturated carbocycles. The Hall–Kier alpha value is -1.52. The van der Waals surface area contributed by atoms with E-state index in [1.54, 1.807) is 27.7 Å². The summed E-state index contributed by atoms with van der Waals surface area (Å²) < 4.78 is 10.0. The molecule has 1 unspecified atom stereocenters. The Kier molecular flexibility index (Phi) is 4.61. The van der Waals surface area contributed by atoms with Crippen molar-refractivity contribution in [2.75, 3.05) is 7.11 Å². The number of hydrogen-bond acceptors (Lipinski definition) is 4. The summed E-state index contributed by atoms with van der Waals surface area (Å²) in [7, 11) is 1.35. The standard InChI is InChI=1S/C14H23NO4/c1-10(11(16)18-5)14(8-6-7-9-14)15-12(17)19-13(2,3)4/h6-7,10H,8-9H2,1-5H3,(H,15,17). The first-order valence-electron chi connectivity index (χ1n) is 6.44. The van der Waals surface area contributed by atoms with Gasteiger partial charge >= 0.3 is 12.1 Å². The van der Waals surface area contributed by atoms with E-state index in [1.807, 2.05) is 12.2 Å². The van der Waals surface area contributed by atoms with Crippen molar-refractivity contribution in [2.45, 2.75) is 51.7 Å². The molecule has 0 radical (unpaired) electrons. The Morgan fingerprint density at radius 2 is 1.79 bits per heavy atom. The average molecular weight is 269 g/mol. The van der Waals surface area contributed by atoms with Gasteiger partial charge in [0.05, 0.1) is 18.6 Å². The summed E-state index contributed by atoms with van der Waals surface area (Å²) in [5.74, 6) is -0.764. The van der Waals surface area contributed by atoms with Crippen molar-refractivity contribution in [3.63, 3.8) is 0 Å². The zero-order valence-corrected chi connectivity index (χ0v) is 12.3. The molecule has 0 aromatic carbocycles. The predicted octanol–water partition coefficient (Wildman–Crippen LogP) is 2.41. The molecule has 1 aliphatic carbocycles. The van der Waals surface area contributed by atoms with Gasteiger partial charge in [0.15, 0.2) is 0 Å². The number of alkyl carbamates (subject to hydrolysis) is 1. The third-order valence-electron chi connectivity index (χ3n) is 3.26. The highest BCUT2D eigenvalue weighted by atomic mass is 16.6. The Morgan fingerprint density at radius 3 is 2.21 bits per heavy atom. The van der Waals surface area contributed by atoms with Crippen LogP contribution in [0.2, 0.25) is 0 Å². The fraction of sp³-hybridized carbons (Fsp3) is 0.714. The van der Waals surface area contributed by atoms with Gasteiger partial charge in [-0.2, -0.15) is 0 Å². The van der Waals surface area contributed by atoms with Crippen LogP contribution in [0.15, 0.2) is 12.2 Å². The number of rotatable bonds is 3. The van der Waals surface area contributed by atoms with E-state index in [0.717, 1.165) is 0 Å². The van der Waals surface area contributed by atoms with Crippen LogP contribution in [0, 0.1) is 5.92 Å². The highest BCUT2D eigenvalue weighted by molar-refractivity contribution is 5.76. The monoisotopic (exact) mass is 269 g/mol. The zero-order valence-electron chi connectivity index (χ0n) is 12.3. The van der Waals surface area contributed by atoms with Crippen LogP contribution in [-0.2, 0) is 14.3 Å². The number of hydrogen-bond donors (Lipinski definition) is 1. The fourth-order valence-electron chi connectivity index (χ4n) is 2.14. The van der Waals surface area contributed by atoms with Gasteiger partial charge in [-0.15, -0.1) is 0 Å². The smallest absolute Gasteiger partial charge is 0.408 e. The van der Waals surface area contributed by atoms with E-state index in [2.05, 4.69) is 5.32 Å². The van der Waals surface area contributed by atoms with E-state index in [-0.39, 0.29) is 5.97 Å². The topological polar surface area (TPSA) is 64.6 Å². The maximum atomic E-state index is 11.9. The molecule has 0 spiro atoms. The van der Waals surface area contributed by atoms with Gasteiger partial charge in [0.1, 0.15) is 5.60 Å². The molecule has 1 atom stereocenters. The molecular formula is C14H23NO4. The van der Waals surface area contributed by atoms with E-state index in [9.17, 15) is 9.59 Å². The minimum absolute atomic E-state index is 0.334. The first kappa shape index (κ1) is 15.5. The van der Waals surface area contributed by atoms with Crippen molar-refractivity contribution in [1.82, 2.24) is 5.32 Å². The van der Waals surface area contributed by atoms with Crippen LogP contribution in [0.5, 0.6) is 0 Å². The number of amides is 1. The Balaban J connectivity index is 2.78. The van der Waals surface area contributed by atoms with E-state index in [4.69, 9.17) is 9.47 Å². The summed E-state index contributed by atoms with van der Waals surface area (Å²) >= 11 is 0.